The lowest BCUT2D eigenvalue weighted by Crippen LogP contribution is -2.21. The Bertz CT molecular complexity index is 512. The van der Waals surface area contributed by atoms with Crippen molar-refractivity contribution in [3.05, 3.63) is 65.4 Å². The molecule has 0 spiro atoms. The Morgan fingerprint density at radius 3 is 2.60 bits per heavy atom. The maximum Gasteiger partial charge on any atom is 0.123 e. The Labute approximate surface area is 122 Å². The third-order valence-corrected chi connectivity index (χ3v) is 3.23. The van der Waals surface area contributed by atoms with Crippen molar-refractivity contribution in [2.24, 2.45) is 0 Å². The van der Waals surface area contributed by atoms with Crippen molar-refractivity contribution in [3.8, 4) is 5.75 Å². The molecule has 0 bridgehead atoms. The van der Waals surface area contributed by atoms with E-state index in [1.54, 1.807) is 0 Å². The van der Waals surface area contributed by atoms with Gasteiger partial charge in [0.15, 0.2) is 0 Å². The van der Waals surface area contributed by atoms with Crippen molar-refractivity contribution in [1.29, 1.82) is 0 Å². The van der Waals surface area contributed by atoms with Crippen LogP contribution in [0.15, 0.2) is 54.3 Å². The van der Waals surface area contributed by atoms with E-state index in [-0.39, 0.29) is 0 Å². The van der Waals surface area contributed by atoms with Crippen LogP contribution in [0, 0.1) is 6.92 Å². The zero-order valence-electron chi connectivity index (χ0n) is 12.9. The highest BCUT2D eigenvalue weighted by atomic mass is 16.3. The van der Waals surface area contributed by atoms with Crippen molar-refractivity contribution in [2.45, 2.75) is 34.2 Å². The summed E-state index contributed by atoms with van der Waals surface area (Å²) in [5.74, 6) is 0.400. The van der Waals surface area contributed by atoms with Crippen LogP contribution in [-0.4, -0.2) is 16.6 Å². The van der Waals surface area contributed by atoms with E-state index in [1.807, 2.05) is 57.2 Å². The first kappa shape index (κ1) is 16.1. The van der Waals surface area contributed by atoms with Gasteiger partial charge >= 0.3 is 0 Å². The number of aromatic hydroxyl groups is 1. The molecule has 0 radical (unpaired) electrons. The fourth-order valence-electron chi connectivity index (χ4n) is 2.07. The number of para-hydroxylation sites is 1. The predicted octanol–water partition coefficient (Wildman–Crippen LogP) is 4.56. The van der Waals surface area contributed by atoms with Gasteiger partial charge in [0.25, 0.3) is 0 Å². The van der Waals surface area contributed by atoms with Gasteiger partial charge in [0.2, 0.25) is 0 Å². The number of hydrogen-bond donors (Lipinski definition) is 1. The van der Waals surface area contributed by atoms with E-state index in [1.165, 1.54) is 0 Å². The number of likely N-dealkylation sites (N-methyl/N-ethyl adjacent to an activating group) is 1. The van der Waals surface area contributed by atoms with Crippen molar-refractivity contribution >= 4 is 0 Å². The Morgan fingerprint density at radius 1 is 1.25 bits per heavy atom. The molecule has 0 saturated carbocycles. The van der Waals surface area contributed by atoms with Crippen LogP contribution in [0.25, 0.3) is 0 Å². The molecule has 0 aliphatic heterocycles. The molecule has 0 fully saturated rings. The van der Waals surface area contributed by atoms with E-state index in [2.05, 4.69) is 24.0 Å². The molecule has 0 unspecified atom stereocenters. The van der Waals surface area contributed by atoms with Gasteiger partial charge < -0.3 is 10.0 Å². The van der Waals surface area contributed by atoms with E-state index in [9.17, 15) is 5.11 Å². The molecule has 0 aliphatic rings. The largest absolute Gasteiger partial charge is 0.507 e. The molecule has 1 N–H and O–H groups in total. The summed E-state index contributed by atoms with van der Waals surface area (Å²) < 4.78 is 0. The molecule has 0 atom stereocenters. The van der Waals surface area contributed by atoms with Gasteiger partial charge in [-0.1, -0.05) is 36.4 Å². The van der Waals surface area contributed by atoms with Gasteiger partial charge in [-0.2, -0.15) is 0 Å². The van der Waals surface area contributed by atoms with Crippen molar-refractivity contribution < 1.29 is 5.11 Å². The summed E-state index contributed by atoms with van der Waals surface area (Å²) in [7, 11) is 0. The molecular formula is C18H25NO. The molecule has 2 heteroatoms. The number of allylic oxidation sites excluding steroid dienone is 5. The lowest BCUT2D eigenvalue weighted by molar-refractivity contribution is 0.355. The third-order valence-electron chi connectivity index (χ3n) is 3.23. The Morgan fingerprint density at radius 2 is 2.00 bits per heavy atom. The number of hydrogen-bond acceptors (Lipinski definition) is 2. The van der Waals surface area contributed by atoms with E-state index < -0.39 is 0 Å². The summed E-state index contributed by atoms with van der Waals surface area (Å²) in [5.41, 5.74) is 3.03. The number of benzene rings is 1. The topological polar surface area (TPSA) is 23.5 Å². The van der Waals surface area contributed by atoms with Crippen molar-refractivity contribution in [2.75, 3.05) is 6.54 Å². The Kier molecular flexibility index (Phi) is 6.65. The summed E-state index contributed by atoms with van der Waals surface area (Å²) in [6, 6.07) is 5.90. The highest BCUT2D eigenvalue weighted by molar-refractivity contribution is 5.39. The summed E-state index contributed by atoms with van der Waals surface area (Å²) in [6.45, 7) is 9.67. The minimum Gasteiger partial charge on any atom is -0.507 e. The van der Waals surface area contributed by atoms with Crippen LogP contribution in [-0.2, 0) is 6.54 Å². The average molecular weight is 271 g/mol. The van der Waals surface area contributed by atoms with Crippen LogP contribution in [0.3, 0.4) is 0 Å². The highest BCUT2D eigenvalue weighted by Crippen LogP contribution is 2.24. The number of rotatable bonds is 6. The normalized spacial score (nSPS) is 12.5. The third kappa shape index (κ3) is 4.30. The maximum atomic E-state index is 10.2. The second-order valence-corrected chi connectivity index (χ2v) is 4.71. The molecular weight excluding hydrogens is 246 g/mol. The molecule has 0 aliphatic carbocycles. The van der Waals surface area contributed by atoms with Gasteiger partial charge in [0.05, 0.1) is 0 Å². The zero-order valence-corrected chi connectivity index (χ0v) is 12.9. The zero-order chi connectivity index (χ0) is 15.0. The van der Waals surface area contributed by atoms with Gasteiger partial charge in [-0.15, -0.1) is 0 Å². The lowest BCUT2D eigenvalue weighted by Gasteiger charge is -2.25. The molecule has 0 amide bonds. The number of phenolic OH excluding ortho intramolecular Hbond substituents is 1. The molecule has 108 valence electrons. The van der Waals surface area contributed by atoms with E-state index in [0.717, 1.165) is 23.4 Å². The van der Waals surface area contributed by atoms with Gasteiger partial charge in [-0.3, -0.25) is 0 Å². The first-order valence-corrected chi connectivity index (χ1v) is 7.12. The summed E-state index contributed by atoms with van der Waals surface area (Å²) in [5, 5.41) is 10.2. The van der Waals surface area contributed by atoms with Crippen LogP contribution in [0.1, 0.15) is 31.9 Å². The molecule has 1 aromatic rings. The molecule has 0 saturated heterocycles. The van der Waals surface area contributed by atoms with Crippen LogP contribution in [0.5, 0.6) is 5.75 Å². The van der Waals surface area contributed by atoms with E-state index in [0.29, 0.717) is 12.3 Å². The minimum atomic E-state index is 0.400. The molecule has 20 heavy (non-hydrogen) atoms. The molecule has 2 nitrogen and oxygen atoms in total. The SMILES string of the molecule is C\C=C/C=C(\C=C/C)N(CC)Cc1cccc(C)c1O. The molecule has 0 heterocycles. The van der Waals surface area contributed by atoms with Crippen LogP contribution in [0.4, 0.5) is 0 Å². The second kappa shape index (κ2) is 8.26. The van der Waals surface area contributed by atoms with Gasteiger partial charge in [0.1, 0.15) is 5.75 Å². The van der Waals surface area contributed by atoms with Crippen molar-refractivity contribution in [3.63, 3.8) is 0 Å². The van der Waals surface area contributed by atoms with E-state index in [4.69, 9.17) is 0 Å². The summed E-state index contributed by atoms with van der Waals surface area (Å²) in [6.07, 6.45) is 10.3. The quantitative estimate of drug-likeness (QED) is 0.767. The van der Waals surface area contributed by atoms with Gasteiger partial charge in [0, 0.05) is 24.4 Å². The summed E-state index contributed by atoms with van der Waals surface area (Å²) >= 11 is 0. The van der Waals surface area contributed by atoms with Crippen molar-refractivity contribution in [1.82, 2.24) is 4.90 Å². The van der Waals surface area contributed by atoms with Gasteiger partial charge in [-0.25, -0.2) is 0 Å². The standard InChI is InChI=1S/C18H25NO/c1-5-8-13-17(10-6-2)19(7-3)14-16-12-9-11-15(4)18(16)20/h5-6,8-13,20H,7,14H2,1-4H3/b8-5-,10-6-,17-13+. The fraction of sp³-hybridized carbons (Fsp3) is 0.333. The Balaban J connectivity index is 3.03. The number of nitrogens with zero attached hydrogens (tertiary/aromatic N) is 1. The molecule has 1 aromatic carbocycles. The second-order valence-electron chi connectivity index (χ2n) is 4.71. The monoisotopic (exact) mass is 271 g/mol. The smallest absolute Gasteiger partial charge is 0.123 e. The molecule has 0 aromatic heterocycles. The first-order chi connectivity index (χ1) is 9.63. The summed E-state index contributed by atoms with van der Waals surface area (Å²) in [4.78, 5) is 2.24. The van der Waals surface area contributed by atoms with Crippen LogP contribution < -0.4 is 0 Å². The maximum absolute atomic E-state index is 10.2. The Hall–Kier alpha value is -1.96. The van der Waals surface area contributed by atoms with Gasteiger partial charge in [-0.05, 0) is 45.4 Å². The molecule has 1 rings (SSSR count). The van der Waals surface area contributed by atoms with E-state index >= 15 is 0 Å². The number of phenols is 1. The highest BCUT2D eigenvalue weighted by Gasteiger charge is 2.09. The fourth-order valence-corrected chi connectivity index (χ4v) is 2.07. The number of aryl methyl sites for hydroxylation is 1. The average Bonchev–Trinajstić information content (AvgIpc) is 2.45. The predicted molar refractivity (Wildman–Crippen MR) is 86.6 cm³/mol. The first-order valence-electron chi connectivity index (χ1n) is 7.12. The van der Waals surface area contributed by atoms with Crippen LogP contribution >= 0.6 is 0 Å². The minimum absolute atomic E-state index is 0.400. The van der Waals surface area contributed by atoms with Crippen LogP contribution in [0.2, 0.25) is 0 Å². The lowest BCUT2D eigenvalue weighted by atomic mass is 10.1.